The Bertz CT molecular complexity index is 1110. The van der Waals surface area contributed by atoms with Gasteiger partial charge in [0.05, 0.1) is 0 Å². The Balaban J connectivity index is 1.58. The molecule has 37 heavy (non-hydrogen) atoms. The molecule has 5 heteroatoms. The molecule has 1 aromatic heterocycles. The summed E-state index contributed by atoms with van der Waals surface area (Å²) >= 11 is -0.542. The van der Waals surface area contributed by atoms with E-state index in [9.17, 15) is 9.90 Å². The number of nitrogens with zero attached hydrogens (tertiary/aromatic N) is 1. The topological polar surface area (TPSA) is 40.5 Å². The summed E-state index contributed by atoms with van der Waals surface area (Å²) in [6.07, 6.45) is 7.02. The van der Waals surface area contributed by atoms with Crippen molar-refractivity contribution in [2.75, 3.05) is 6.54 Å². The van der Waals surface area contributed by atoms with Gasteiger partial charge in [0.15, 0.2) is 0 Å². The molecule has 3 aromatic rings. The van der Waals surface area contributed by atoms with Gasteiger partial charge in [-0.3, -0.25) is 0 Å². The number of rotatable bonds is 14. The van der Waals surface area contributed by atoms with Crippen molar-refractivity contribution in [1.29, 1.82) is 0 Å². The standard InChI is InChI=1S/C20H16NO2S.3C4H9.Sn/c22-20(23)21(12-14-6-5-11-24-14)13-19-17-9-3-1-7-15(17)16-8-2-4-10-18(16)19;3*1-3-4-2;/h1-10,19H,12-13H2,(H,22,23);3*1,3-4H2,2H3;. The van der Waals surface area contributed by atoms with Crippen LogP contribution >= 0.6 is 11.3 Å². The second-order valence-electron chi connectivity index (χ2n) is 10.7. The first-order valence-corrected chi connectivity index (χ1v) is 22.6. The number of hydrogen-bond donors (Lipinski definition) is 1. The quantitative estimate of drug-likeness (QED) is 0.182. The van der Waals surface area contributed by atoms with Gasteiger partial charge in [0.1, 0.15) is 0 Å². The Morgan fingerprint density at radius 1 is 0.811 bits per heavy atom. The zero-order valence-electron chi connectivity index (χ0n) is 22.8. The van der Waals surface area contributed by atoms with E-state index < -0.39 is 24.5 Å². The number of carboxylic acid groups (broad SMARTS) is 1. The van der Waals surface area contributed by atoms with Crippen LogP contribution in [0.2, 0.25) is 13.3 Å². The number of unbranched alkanes of at least 4 members (excludes halogenated alkanes) is 3. The molecule has 0 fully saturated rings. The molecular formula is C32H43NO2SSn. The van der Waals surface area contributed by atoms with E-state index in [0.29, 0.717) is 13.1 Å². The molecule has 0 bridgehead atoms. The molecule has 0 atom stereocenters. The third kappa shape index (κ3) is 6.44. The predicted octanol–water partition coefficient (Wildman–Crippen LogP) is 9.10. The van der Waals surface area contributed by atoms with Crippen LogP contribution in [0.1, 0.15) is 81.2 Å². The number of fused-ring (bicyclic) bond motifs is 3. The fourth-order valence-corrected chi connectivity index (χ4v) is 26.5. The van der Waals surface area contributed by atoms with Crippen molar-refractivity contribution < 1.29 is 9.90 Å². The molecule has 1 amide bonds. The number of hydrogen-bond acceptors (Lipinski definition) is 2. The molecule has 4 rings (SSSR count). The van der Waals surface area contributed by atoms with Crippen molar-refractivity contribution in [3.8, 4) is 11.1 Å². The average Bonchev–Trinajstić information content (AvgIpc) is 3.52. The van der Waals surface area contributed by atoms with Crippen LogP contribution in [-0.4, -0.2) is 41.0 Å². The van der Waals surface area contributed by atoms with Crippen molar-refractivity contribution in [3.63, 3.8) is 0 Å². The Morgan fingerprint density at radius 2 is 1.32 bits per heavy atom. The molecule has 0 unspecified atom stereocenters. The van der Waals surface area contributed by atoms with E-state index in [1.54, 1.807) is 7.79 Å². The van der Waals surface area contributed by atoms with Gasteiger partial charge in [0, 0.05) is 0 Å². The van der Waals surface area contributed by atoms with Gasteiger partial charge in [-0.2, -0.15) is 0 Å². The second-order valence-corrected chi connectivity index (χ2v) is 26.1. The summed E-state index contributed by atoms with van der Waals surface area (Å²) in [5.41, 5.74) is 4.98. The SMILES string of the molecule is CCC[CH2][Sn]([CH2]CCC)([CH2]CCC)[c]1ccc(CN(CC2c3ccccc3-c3ccccc32)C(=O)O)s1. The summed E-state index contributed by atoms with van der Waals surface area (Å²) in [5, 5.41) is 10.2. The minimum absolute atomic E-state index is 0.0832. The van der Waals surface area contributed by atoms with E-state index >= 15 is 0 Å². The van der Waals surface area contributed by atoms with Crippen LogP contribution in [0, 0.1) is 0 Å². The van der Waals surface area contributed by atoms with Gasteiger partial charge in [0.25, 0.3) is 0 Å². The van der Waals surface area contributed by atoms with Crippen LogP contribution in [-0.2, 0) is 6.54 Å². The first-order valence-electron chi connectivity index (χ1n) is 14.3. The van der Waals surface area contributed by atoms with Gasteiger partial charge < -0.3 is 0 Å². The molecule has 3 nitrogen and oxygen atoms in total. The van der Waals surface area contributed by atoms with Crippen LogP contribution in [0.4, 0.5) is 4.79 Å². The molecule has 0 spiro atoms. The molecule has 0 saturated heterocycles. The van der Waals surface area contributed by atoms with E-state index in [2.05, 4.69) is 81.4 Å². The Hall–Kier alpha value is -1.79. The van der Waals surface area contributed by atoms with Crippen molar-refractivity contribution in [2.45, 2.75) is 85.1 Å². The number of amides is 1. The van der Waals surface area contributed by atoms with Gasteiger partial charge in [-0.15, -0.1) is 0 Å². The molecule has 0 radical (unpaired) electrons. The van der Waals surface area contributed by atoms with E-state index in [1.807, 2.05) is 11.3 Å². The summed E-state index contributed by atoms with van der Waals surface area (Å²) < 4.78 is 6.03. The normalized spacial score (nSPS) is 12.9. The van der Waals surface area contributed by atoms with Crippen molar-refractivity contribution in [2.24, 2.45) is 0 Å². The molecule has 1 aliphatic rings. The maximum absolute atomic E-state index is 12.5. The van der Waals surface area contributed by atoms with Crippen molar-refractivity contribution >= 4 is 38.7 Å². The van der Waals surface area contributed by atoms with E-state index in [0.717, 1.165) is 0 Å². The predicted molar refractivity (Wildman–Crippen MR) is 161 cm³/mol. The molecule has 0 saturated carbocycles. The molecule has 0 aliphatic heterocycles. The Morgan fingerprint density at radius 3 is 1.81 bits per heavy atom. The summed E-state index contributed by atoms with van der Waals surface area (Å²) in [4.78, 5) is 15.4. The molecule has 2 aromatic carbocycles. The molecule has 1 N–H and O–H groups in total. The number of carbonyl (C=O) groups is 1. The molecular weight excluding hydrogens is 581 g/mol. The van der Waals surface area contributed by atoms with Gasteiger partial charge in [-0.25, -0.2) is 0 Å². The minimum atomic E-state index is -2.50. The monoisotopic (exact) mass is 625 g/mol. The van der Waals surface area contributed by atoms with Gasteiger partial charge in [-0.1, -0.05) is 0 Å². The van der Waals surface area contributed by atoms with E-state index in [4.69, 9.17) is 0 Å². The van der Waals surface area contributed by atoms with E-state index in [-0.39, 0.29) is 5.92 Å². The Kier molecular flexibility index (Phi) is 10.2. The van der Waals surface area contributed by atoms with Crippen molar-refractivity contribution in [1.82, 2.24) is 4.90 Å². The fourth-order valence-electron chi connectivity index (χ4n) is 6.11. The number of thiophene rings is 1. The van der Waals surface area contributed by atoms with Gasteiger partial charge >= 0.3 is 233 Å². The zero-order valence-corrected chi connectivity index (χ0v) is 26.5. The summed E-state index contributed by atoms with van der Waals surface area (Å²) in [6, 6.07) is 21.6. The third-order valence-corrected chi connectivity index (χ3v) is 27.5. The fraction of sp³-hybridized carbons (Fsp3) is 0.469. The van der Waals surface area contributed by atoms with Gasteiger partial charge in [0.2, 0.25) is 0 Å². The summed E-state index contributed by atoms with van der Waals surface area (Å²) in [6.45, 7) is 7.94. The Labute approximate surface area is 231 Å². The van der Waals surface area contributed by atoms with Crippen LogP contribution in [0.3, 0.4) is 0 Å². The first-order chi connectivity index (χ1) is 18.0. The second kappa shape index (κ2) is 13.3. The average molecular weight is 624 g/mol. The maximum atomic E-state index is 12.5. The van der Waals surface area contributed by atoms with Gasteiger partial charge in [-0.05, 0) is 0 Å². The first kappa shape index (κ1) is 28.2. The molecule has 1 heterocycles. The van der Waals surface area contributed by atoms with E-state index in [1.165, 1.54) is 79.0 Å². The van der Waals surface area contributed by atoms with Crippen LogP contribution in [0.25, 0.3) is 11.1 Å². The summed E-state index contributed by atoms with van der Waals surface area (Å²) in [7, 11) is 0. The zero-order chi connectivity index (χ0) is 26.3. The van der Waals surface area contributed by atoms with Crippen LogP contribution in [0.5, 0.6) is 0 Å². The number of benzene rings is 2. The summed E-state index contributed by atoms with van der Waals surface area (Å²) in [5.74, 6) is 0.0832. The van der Waals surface area contributed by atoms with Crippen molar-refractivity contribution in [3.05, 3.63) is 76.7 Å². The molecule has 198 valence electrons. The van der Waals surface area contributed by atoms with Crippen LogP contribution < -0.4 is 2.89 Å². The van der Waals surface area contributed by atoms with Crippen LogP contribution in [0.15, 0.2) is 60.7 Å². The molecule has 1 aliphatic carbocycles. The third-order valence-electron chi connectivity index (χ3n) is 8.19.